The van der Waals surface area contributed by atoms with E-state index in [0.717, 1.165) is 34.8 Å². The molecule has 0 aliphatic carbocycles. The maximum atomic E-state index is 11.1. The van der Waals surface area contributed by atoms with Gasteiger partial charge >= 0.3 is 0 Å². The van der Waals surface area contributed by atoms with Crippen LogP contribution in [0, 0.1) is 0 Å². The van der Waals surface area contributed by atoms with Crippen molar-refractivity contribution in [3.63, 3.8) is 0 Å². The number of hydrogen-bond donors (Lipinski definition) is 1. The summed E-state index contributed by atoms with van der Waals surface area (Å²) in [5, 5.41) is 11.1. The number of rotatable bonds is 11. The normalized spacial score (nSPS) is 14.4. The molecule has 4 rings (SSSR count). The van der Waals surface area contributed by atoms with Crippen molar-refractivity contribution in [1.82, 2.24) is 5.32 Å². The van der Waals surface area contributed by atoms with Gasteiger partial charge in [-0.25, -0.2) is 0 Å². The largest absolute Gasteiger partial charge is 0.493 e. The molecular formula is C26H25N3O4S. The van der Waals surface area contributed by atoms with Gasteiger partial charge in [-0.15, -0.1) is 5.10 Å². The quantitative estimate of drug-likeness (QED) is 0.248. The first-order valence-corrected chi connectivity index (χ1v) is 11.9. The summed E-state index contributed by atoms with van der Waals surface area (Å²) < 4.78 is 17.3. The molecule has 0 saturated carbocycles. The second-order valence-electron chi connectivity index (χ2n) is 7.35. The van der Waals surface area contributed by atoms with E-state index in [0.29, 0.717) is 30.7 Å². The monoisotopic (exact) mass is 475 g/mol. The van der Waals surface area contributed by atoms with E-state index in [2.05, 4.69) is 15.5 Å². The maximum Gasteiger partial charge on any atom is 0.236 e. The molecule has 0 spiro atoms. The third kappa shape index (κ3) is 7.67. The first-order chi connectivity index (χ1) is 16.7. The SMILES string of the molecule is O=C1CSC(=NN=Cc2ccc(OCCCOc3ccc(OCc4ccccc4)cc3)cc2)N1. The van der Waals surface area contributed by atoms with Gasteiger partial charge in [-0.3, -0.25) is 4.79 Å². The number of carbonyl (C=O) groups excluding carboxylic acids is 1. The van der Waals surface area contributed by atoms with Crippen LogP contribution in [0.3, 0.4) is 0 Å². The van der Waals surface area contributed by atoms with Crippen molar-refractivity contribution in [1.29, 1.82) is 0 Å². The van der Waals surface area contributed by atoms with E-state index < -0.39 is 0 Å². The molecule has 174 valence electrons. The fourth-order valence-electron chi connectivity index (χ4n) is 2.99. The van der Waals surface area contributed by atoms with E-state index in [4.69, 9.17) is 14.2 Å². The summed E-state index contributed by atoms with van der Waals surface area (Å²) in [5.41, 5.74) is 2.03. The molecule has 0 bridgehead atoms. The first-order valence-electron chi connectivity index (χ1n) is 10.9. The van der Waals surface area contributed by atoms with Gasteiger partial charge < -0.3 is 19.5 Å². The number of thioether (sulfide) groups is 1. The Morgan fingerprint density at radius 1 is 0.824 bits per heavy atom. The van der Waals surface area contributed by atoms with Gasteiger partial charge in [-0.1, -0.05) is 42.1 Å². The minimum absolute atomic E-state index is 0.0483. The molecule has 1 N–H and O–H groups in total. The number of amides is 1. The van der Waals surface area contributed by atoms with Gasteiger partial charge in [-0.2, -0.15) is 5.10 Å². The lowest BCUT2D eigenvalue weighted by Gasteiger charge is -2.10. The van der Waals surface area contributed by atoms with Crippen LogP contribution in [-0.4, -0.2) is 36.3 Å². The van der Waals surface area contributed by atoms with Crippen molar-refractivity contribution in [2.45, 2.75) is 13.0 Å². The van der Waals surface area contributed by atoms with Gasteiger partial charge in [0.2, 0.25) is 5.91 Å². The number of carbonyl (C=O) groups is 1. The molecule has 0 unspecified atom stereocenters. The summed E-state index contributed by atoms with van der Waals surface area (Å²) in [6.45, 7) is 1.65. The number of ether oxygens (including phenoxy) is 3. The Balaban J connectivity index is 1.11. The zero-order valence-electron chi connectivity index (χ0n) is 18.6. The molecule has 7 nitrogen and oxygen atoms in total. The second kappa shape index (κ2) is 12.5. The topological polar surface area (TPSA) is 81.5 Å². The van der Waals surface area contributed by atoms with Crippen molar-refractivity contribution in [2.75, 3.05) is 19.0 Å². The molecule has 0 atom stereocenters. The van der Waals surface area contributed by atoms with Crippen LogP contribution in [0.4, 0.5) is 0 Å². The number of nitrogens with one attached hydrogen (secondary N) is 1. The molecule has 1 fully saturated rings. The Bertz CT molecular complexity index is 1120. The van der Waals surface area contributed by atoms with Crippen molar-refractivity contribution < 1.29 is 19.0 Å². The highest BCUT2D eigenvalue weighted by Gasteiger charge is 2.15. The van der Waals surface area contributed by atoms with Gasteiger partial charge in [-0.05, 0) is 59.7 Å². The third-order valence-electron chi connectivity index (χ3n) is 4.72. The zero-order valence-corrected chi connectivity index (χ0v) is 19.4. The average molecular weight is 476 g/mol. The highest BCUT2D eigenvalue weighted by molar-refractivity contribution is 8.15. The summed E-state index contributed by atoms with van der Waals surface area (Å²) in [6.07, 6.45) is 2.39. The fourth-order valence-corrected chi connectivity index (χ4v) is 3.62. The van der Waals surface area contributed by atoms with E-state index in [1.165, 1.54) is 11.8 Å². The Morgan fingerprint density at radius 3 is 2.06 bits per heavy atom. The average Bonchev–Trinajstić information content (AvgIpc) is 3.29. The number of nitrogens with zero attached hydrogens (tertiary/aromatic N) is 2. The van der Waals surface area contributed by atoms with Crippen LogP contribution in [0.5, 0.6) is 17.2 Å². The minimum Gasteiger partial charge on any atom is -0.493 e. The highest BCUT2D eigenvalue weighted by atomic mass is 32.2. The lowest BCUT2D eigenvalue weighted by Crippen LogP contribution is -2.19. The number of benzene rings is 3. The van der Waals surface area contributed by atoms with Crippen LogP contribution in [0.15, 0.2) is 89.1 Å². The Labute approximate surface area is 202 Å². The van der Waals surface area contributed by atoms with E-state index in [1.54, 1.807) is 6.21 Å². The predicted molar refractivity (Wildman–Crippen MR) is 135 cm³/mol. The lowest BCUT2D eigenvalue weighted by atomic mass is 10.2. The Morgan fingerprint density at radius 2 is 1.44 bits per heavy atom. The summed E-state index contributed by atoms with van der Waals surface area (Å²) in [7, 11) is 0. The molecule has 1 amide bonds. The first kappa shape index (κ1) is 23.4. The van der Waals surface area contributed by atoms with Gasteiger partial charge in [0.25, 0.3) is 0 Å². The smallest absolute Gasteiger partial charge is 0.236 e. The Hall–Kier alpha value is -3.78. The lowest BCUT2D eigenvalue weighted by molar-refractivity contribution is -0.116. The molecule has 8 heteroatoms. The van der Waals surface area contributed by atoms with Gasteiger partial charge in [0.05, 0.1) is 25.2 Å². The highest BCUT2D eigenvalue weighted by Crippen LogP contribution is 2.19. The van der Waals surface area contributed by atoms with Crippen molar-refractivity contribution in [3.8, 4) is 17.2 Å². The van der Waals surface area contributed by atoms with Crippen LogP contribution in [0.1, 0.15) is 17.5 Å². The maximum absolute atomic E-state index is 11.1. The molecule has 0 aromatic heterocycles. The Kier molecular flexibility index (Phi) is 8.57. The summed E-state index contributed by atoms with van der Waals surface area (Å²) >= 11 is 1.34. The summed E-state index contributed by atoms with van der Waals surface area (Å²) in [5.74, 6) is 2.73. The molecule has 3 aromatic carbocycles. The molecule has 1 aliphatic rings. The van der Waals surface area contributed by atoms with Crippen LogP contribution in [-0.2, 0) is 11.4 Å². The van der Waals surface area contributed by atoms with Crippen molar-refractivity contribution in [2.24, 2.45) is 10.2 Å². The van der Waals surface area contributed by atoms with Crippen LogP contribution in [0.2, 0.25) is 0 Å². The van der Waals surface area contributed by atoms with Crippen molar-refractivity contribution >= 4 is 29.1 Å². The van der Waals surface area contributed by atoms with Crippen LogP contribution in [0.25, 0.3) is 0 Å². The molecule has 0 radical (unpaired) electrons. The van der Waals surface area contributed by atoms with Gasteiger partial charge in [0.15, 0.2) is 5.17 Å². The van der Waals surface area contributed by atoms with E-state index in [-0.39, 0.29) is 5.91 Å². The second-order valence-corrected chi connectivity index (χ2v) is 8.32. The zero-order chi connectivity index (χ0) is 23.4. The van der Waals surface area contributed by atoms with Gasteiger partial charge in [0.1, 0.15) is 23.9 Å². The van der Waals surface area contributed by atoms with E-state index >= 15 is 0 Å². The van der Waals surface area contributed by atoms with E-state index in [9.17, 15) is 4.79 Å². The summed E-state index contributed by atoms with van der Waals surface area (Å²) in [4.78, 5) is 11.1. The van der Waals surface area contributed by atoms with Crippen molar-refractivity contribution in [3.05, 3.63) is 90.0 Å². The molecule has 1 saturated heterocycles. The molecule has 1 aliphatic heterocycles. The standard InChI is InChI=1S/C26H25N3O4S/c30-25-19-34-26(28-25)29-27-17-20-7-9-22(10-8-20)31-15-4-16-32-23-11-13-24(14-12-23)33-18-21-5-2-1-3-6-21/h1-3,5-14,17H,4,15-16,18-19H2,(H,28,29,30). The van der Waals surface area contributed by atoms with Crippen LogP contribution < -0.4 is 19.5 Å². The number of amidine groups is 1. The molecular weight excluding hydrogens is 450 g/mol. The number of hydrogen-bond acceptors (Lipinski definition) is 7. The molecule has 3 aromatic rings. The third-order valence-corrected chi connectivity index (χ3v) is 5.58. The minimum atomic E-state index is -0.0483. The molecule has 34 heavy (non-hydrogen) atoms. The van der Waals surface area contributed by atoms with Crippen LogP contribution >= 0.6 is 11.8 Å². The predicted octanol–water partition coefficient (Wildman–Crippen LogP) is 4.67. The molecule has 1 heterocycles. The fraction of sp³-hybridized carbons (Fsp3) is 0.192. The van der Waals surface area contributed by atoms with E-state index in [1.807, 2.05) is 78.9 Å². The van der Waals surface area contributed by atoms with Gasteiger partial charge in [0, 0.05) is 6.42 Å². The summed E-state index contributed by atoms with van der Waals surface area (Å²) in [6, 6.07) is 25.3.